The molecule has 0 radical (unpaired) electrons. The third-order valence-corrected chi connectivity index (χ3v) is 3.36. The first kappa shape index (κ1) is 13.8. The van der Waals surface area contributed by atoms with Gasteiger partial charge in [0.25, 0.3) is 0 Å². The van der Waals surface area contributed by atoms with E-state index in [4.69, 9.17) is 0 Å². The van der Waals surface area contributed by atoms with Gasteiger partial charge in [0.15, 0.2) is 0 Å². The predicted octanol–water partition coefficient (Wildman–Crippen LogP) is 1.31. The van der Waals surface area contributed by atoms with Crippen LogP contribution in [0.5, 0.6) is 0 Å². The largest absolute Gasteiger partial charge is 0.348 e. The number of nitro groups is 1. The number of hydrogen-bond donors (Lipinski definition) is 1. The van der Waals surface area contributed by atoms with Gasteiger partial charge in [0.05, 0.1) is 4.92 Å². The summed E-state index contributed by atoms with van der Waals surface area (Å²) in [5.41, 5.74) is 0.655. The second-order valence-corrected chi connectivity index (χ2v) is 5.04. The molecule has 0 bridgehead atoms. The highest BCUT2D eigenvalue weighted by molar-refractivity contribution is 5.61. The van der Waals surface area contributed by atoms with Crippen molar-refractivity contribution in [2.45, 2.75) is 39.8 Å². The van der Waals surface area contributed by atoms with Gasteiger partial charge in [-0.3, -0.25) is 10.1 Å². The molecule has 1 N–H and O–H groups in total. The van der Waals surface area contributed by atoms with Gasteiger partial charge >= 0.3 is 5.69 Å². The Morgan fingerprint density at radius 1 is 1.58 bits per heavy atom. The Hall–Kier alpha value is -1.63. The summed E-state index contributed by atoms with van der Waals surface area (Å²) < 4.78 is 1.78. The van der Waals surface area contributed by atoms with E-state index in [9.17, 15) is 10.1 Å². The van der Waals surface area contributed by atoms with Gasteiger partial charge in [-0.1, -0.05) is 6.92 Å². The molecule has 0 saturated carbocycles. The Morgan fingerprint density at radius 2 is 2.32 bits per heavy atom. The van der Waals surface area contributed by atoms with Gasteiger partial charge < -0.3 is 10.2 Å². The Labute approximate surface area is 112 Å². The molecule has 19 heavy (non-hydrogen) atoms. The second-order valence-electron chi connectivity index (χ2n) is 5.04. The molecule has 0 aromatic carbocycles. The van der Waals surface area contributed by atoms with Crippen LogP contribution in [0.3, 0.4) is 0 Å². The van der Waals surface area contributed by atoms with Crippen molar-refractivity contribution in [1.29, 1.82) is 0 Å². The summed E-state index contributed by atoms with van der Waals surface area (Å²) in [5.74, 6) is 0.665. The van der Waals surface area contributed by atoms with Crippen LogP contribution in [0, 0.1) is 17.0 Å². The molecule has 106 valence electrons. The highest BCUT2D eigenvalue weighted by atomic mass is 16.6. The van der Waals surface area contributed by atoms with E-state index >= 15 is 0 Å². The molecule has 2 heterocycles. The average Bonchev–Trinajstić information content (AvgIpc) is 2.66. The quantitative estimate of drug-likeness (QED) is 0.657. The molecule has 0 aliphatic carbocycles. The number of nitrogens with one attached hydrogen (secondary N) is 1. The van der Waals surface area contributed by atoms with E-state index in [0.29, 0.717) is 24.1 Å². The van der Waals surface area contributed by atoms with E-state index in [2.05, 4.69) is 22.2 Å². The van der Waals surface area contributed by atoms with Crippen LogP contribution in [-0.2, 0) is 6.54 Å². The van der Waals surface area contributed by atoms with Crippen LogP contribution in [0.15, 0.2) is 0 Å². The van der Waals surface area contributed by atoms with Crippen LogP contribution in [0.2, 0.25) is 0 Å². The molecule has 7 heteroatoms. The zero-order valence-electron chi connectivity index (χ0n) is 11.7. The molecule has 1 fully saturated rings. The molecular weight excluding hydrogens is 246 g/mol. The highest BCUT2D eigenvalue weighted by Gasteiger charge is 2.31. The molecule has 0 spiro atoms. The van der Waals surface area contributed by atoms with E-state index in [1.54, 1.807) is 11.6 Å². The van der Waals surface area contributed by atoms with E-state index in [-0.39, 0.29) is 10.6 Å². The maximum absolute atomic E-state index is 11.3. The molecule has 1 aliphatic rings. The van der Waals surface area contributed by atoms with Crippen molar-refractivity contribution < 1.29 is 4.92 Å². The third kappa shape index (κ3) is 2.70. The first-order chi connectivity index (χ1) is 9.04. The molecule has 1 aliphatic heterocycles. The number of aromatic nitrogens is 2. The minimum Gasteiger partial charge on any atom is -0.348 e. The Morgan fingerprint density at radius 3 is 2.89 bits per heavy atom. The van der Waals surface area contributed by atoms with E-state index < -0.39 is 0 Å². The van der Waals surface area contributed by atoms with Gasteiger partial charge in [0.2, 0.25) is 5.82 Å². The summed E-state index contributed by atoms with van der Waals surface area (Å²) in [6.45, 7) is 8.95. The fourth-order valence-electron chi connectivity index (χ4n) is 2.58. The molecule has 2 rings (SSSR count). The average molecular weight is 267 g/mol. The van der Waals surface area contributed by atoms with Gasteiger partial charge in [-0.25, -0.2) is 4.68 Å². The van der Waals surface area contributed by atoms with Crippen molar-refractivity contribution in [3.8, 4) is 0 Å². The van der Waals surface area contributed by atoms with E-state index in [1.807, 2.05) is 6.92 Å². The number of rotatable bonds is 4. The number of anilines is 1. The van der Waals surface area contributed by atoms with Gasteiger partial charge in [-0.05, 0) is 20.3 Å². The van der Waals surface area contributed by atoms with Gasteiger partial charge in [-0.2, -0.15) is 5.10 Å². The number of aryl methyl sites for hydroxylation is 2. The van der Waals surface area contributed by atoms with E-state index in [0.717, 1.165) is 26.1 Å². The maximum Gasteiger partial charge on any atom is 0.333 e. The van der Waals surface area contributed by atoms with Crippen molar-refractivity contribution in [2.75, 3.05) is 24.5 Å². The molecule has 1 saturated heterocycles. The second kappa shape index (κ2) is 5.56. The van der Waals surface area contributed by atoms with Crippen molar-refractivity contribution in [2.24, 2.45) is 0 Å². The molecule has 1 unspecified atom stereocenters. The lowest BCUT2D eigenvalue weighted by Gasteiger charge is -2.33. The summed E-state index contributed by atoms with van der Waals surface area (Å²) in [7, 11) is 0. The van der Waals surface area contributed by atoms with Crippen molar-refractivity contribution in [1.82, 2.24) is 15.1 Å². The highest BCUT2D eigenvalue weighted by Crippen LogP contribution is 2.32. The topological polar surface area (TPSA) is 76.2 Å². The lowest BCUT2D eigenvalue weighted by Crippen LogP contribution is -2.50. The summed E-state index contributed by atoms with van der Waals surface area (Å²) >= 11 is 0. The Balaban J connectivity index is 2.42. The van der Waals surface area contributed by atoms with Crippen LogP contribution in [0.1, 0.15) is 26.0 Å². The van der Waals surface area contributed by atoms with Crippen molar-refractivity contribution in [3.05, 3.63) is 15.8 Å². The monoisotopic (exact) mass is 267 g/mol. The first-order valence-corrected chi connectivity index (χ1v) is 6.74. The van der Waals surface area contributed by atoms with Crippen LogP contribution in [-0.4, -0.2) is 40.4 Å². The van der Waals surface area contributed by atoms with Gasteiger partial charge in [0.1, 0.15) is 5.69 Å². The predicted molar refractivity (Wildman–Crippen MR) is 73.6 cm³/mol. The van der Waals surface area contributed by atoms with Crippen LogP contribution in [0.25, 0.3) is 0 Å². The Kier molecular flexibility index (Phi) is 4.04. The number of hydrogen-bond acceptors (Lipinski definition) is 5. The third-order valence-electron chi connectivity index (χ3n) is 3.36. The standard InChI is InChI=1S/C12H21N5O2/c1-4-6-16-12(11(17(18)19)10(3)14-16)15-7-5-13-9(2)8-15/h9,13H,4-8H2,1-3H3. The summed E-state index contributed by atoms with van der Waals surface area (Å²) in [4.78, 5) is 13.1. The lowest BCUT2D eigenvalue weighted by molar-refractivity contribution is -0.384. The smallest absolute Gasteiger partial charge is 0.333 e. The summed E-state index contributed by atoms with van der Waals surface area (Å²) in [5, 5.41) is 19.0. The minimum atomic E-state index is -0.309. The zero-order valence-corrected chi connectivity index (χ0v) is 11.7. The maximum atomic E-state index is 11.3. The molecule has 1 aromatic heterocycles. The Bertz CT molecular complexity index is 471. The van der Waals surface area contributed by atoms with Crippen LogP contribution in [0.4, 0.5) is 11.5 Å². The molecule has 7 nitrogen and oxygen atoms in total. The normalized spacial score (nSPS) is 19.7. The van der Waals surface area contributed by atoms with Crippen LogP contribution < -0.4 is 10.2 Å². The number of piperazine rings is 1. The summed E-state index contributed by atoms with van der Waals surface area (Å²) in [6.07, 6.45) is 0.910. The van der Waals surface area contributed by atoms with E-state index in [1.165, 1.54) is 0 Å². The van der Waals surface area contributed by atoms with Crippen LogP contribution >= 0.6 is 0 Å². The SMILES string of the molecule is CCCn1nc(C)c([N+](=O)[O-])c1N1CCNC(C)C1. The van der Waals surface area contributed by atoms with Gasteiger partial charge in [0, 0.05) is 32.2 Å². The molecule has 1 atom stereocenters. The molecular formula is C12H21N5O2. The van der Waals surface area contributed by atoms with Crippen molar-refractivity contribution in [3.63, 3.8) is 0 Å². The fraction of sp³-hybridized carbons (Fsp3) is 0.750. The summed E-state index contributed by atoms with van der Waals surface area (Å²) in [6, 6.07) is 0.332. The van der Waals surface area contributed by atoms with Gasteiger partial charge in [-0.15, -0.1) is 0 Å². The molecule has 0 amide bonds. The minimum absolute atomic E-state index is 0.155. The first-order valence-electron chi connectivity index (χ1n) is 6.74. The molecule has 1 aromatic rings. The zero-order chi connectivity index (χ0) is 14.0. The fourth-order valence-corrected chi connectivity index (χ4v) is 2.58. The number of nitrogens with zero attached hydrogens (tertiary/aromatic N) is 4. The van der Waals surface area contributed by atoms with Crippen molar-refractivity contribution >= 4 is 11.5 Å². The lowest BCUT2D eigenvalue weighted by atomic mass is 10.2.